The minimum absolute atomic E-state index is 0.0807. The highest BCUT2D eigenvalue weighted by atomic mass is 16.5. The number of hydrogen-bond donors (Lipinski definition) is 1. The van der Waals surface area contributed by atoms with Crippen LogP contribution < -0.4 is 5.32 Å². The van der Waals surface area contributed by atoms with Crippen LogP contribution in [0.4, 0.5) is 0 Å². The topological polar surface area (TPSA) is 61.9 Å². The number of hydrogen-bond acceptors (Lipinski definition) is 4. The Bertz CT molecular complexity index is 404. The summed E-state index contributed by atoms with van der Waals surface area (Å²) in [5.74, 6) is 0.407. The van der Waals surface area contributed by atoms with Crippen molar-refractivity contribution < 1.29 is 14.3 Å². The van der Waals surface area contributed by atoms with Gasteiger partial charge in [-0.15, -0.1) is 0 Å². The molecule has 3 unspecified atom stereocenters. The standard InChI is InChI=1S/C18H35N3O3/c1-7-20(16(6)22)10-8-9-19-18(23)17(13(2)3)21-11-14(4)24-15(5)12-21/h13-15,17H,7-12H2,1-6H3,(H,19,23). The van der Waals surface area contributed by atoms with Crippen molar-refractivity contribution in [2.24, 2.45) is 5.92 Å². The molecule has 6 nitrogen and oxygen atoms in total. The maximum absolute atomic E-state index is 12.7. The molecule has 1 rings (SSSR count). The van der Waals surface area contributed by atoms with Gasteiger partial charge in [0.05, 0.1) is 18.2 Å². The van der Waals surface area contributed by atoms with Gasteiger partial charge in [-0.1, -0.05) is 13.8 Å². The van der Waals surface area contributed by atoms with Gasteiger partial charge in [0.1, 0.15) is 0 Å². The predicted octanol–water partition coefficient (Wildman–Crippen LogP) is 1.49. The first-order valence-corrected chi connectivity index (χ1v) is 9.18. The largest absolute Gasteiger partial charge is 0.373 e. The summed E-state index contributed by atoms with van der Waals surface area (Å²) in [7, 11) is 0. The van der Waals surface area contributed by atoms with Crippen molar-refractivity contribution in [2.45, 2.75) is 66.2 Å². The summed E-state index contributed by atoms with van der Waals surface area (Å²) in [6.45, 7) is 15.4. The molecular formula is C18H35N3O3. The summed E-state index contributed by atoms with van der Waals surface area (Å²) < 4.78 is 5.77. The summed E-state index contributed by atoms with van der Waals surface area (Å²) in [6.07, 6.45) is 1.08. The van der Waals surface area contributed by atoms with E-state index in [4.69, 9.17) is 4.74 Å². The second-order valence-corrected chi connectivity index (χ2v) is 7.14. The molecular weight excluding hydrogens is 306 g/mol. The average Bonchev–Trinajstić information content (AvgIpc) is 2.45. The molecule has 0 bridgehead atoms. The predicted molar refractivity (Wildman–Crippen MR) is 95.8 cm³/mol. The molecule has 0 radical (unpaired) electrons. The zero-order valence-electron chi connectivity index (χ0n) is 16.2. The van der Waals surface area contributed by atoms with E-state index in [0.29, 0.717) is 19.6 Å². The van der Waals surface area contributed by atoms with E-state index in [9.17, 15) is 9.59 Å². The van der Waals surface area contributed by atoms with E-state index in [2.05, 4.69) is 37.9 Å². The fourth-order valence-corrected chi connectivity index (χ4v) is 3.46. The second kappa shape index (κ2) is 9.99. The maximum atomic E-state index is 12.7. The van der Waals surface area contributed by atoms with E-state index in [1.807, 2.05) is 6.92 Å². The van der Waals surface area contributed by atoms with Gasteiger partial charge >= 0.3 is 0 Å². The molecule has 0 aromatic heterocycles. The van der Waals surface area contributed by atoms with Crippen LogP contribution in [0.2, 0.25) is 0 Å². The second-order valence-electron chi connectivity index (χ2n) is 7.14. The smallest absolute Gasteiger partial charge is 0.237 e. The Hall–Kier alpha value is -1.14. The van der Waals surface area contributed by atoms with E-state index in [1.54, 1.807) is 11.8 Å². The van der Waals surface area contributed by atoms with Crippen molar-refractivity contribution in [1.29, 1.82) is 0 Å². The van der Waals surface area contributed by atoms with Crippen molar-refractivity contribution in [3.8, 4) is 0 Å². The zero-order valence-corrected chi connectivity index (χ0v) is 16.2. The molecule has 1 aliphatic rings. The van der Waals surface area contributed by atoms with Crippen molar-refractivity contribution >= 4 is 11.8 Å². The molecule has 1 N–H and O–H groups in total. The van der Waals surface area contributed by atoms with Gasteiger partial charge in [-0.05, 0) is 33.1 Å². The first kappa shape index (κ1) is 20.9. The Morgan fingerprint density at radius 3 is 2.29 bits per heavy atom. The minimum atomic E-state index is -0.131. The van der Waals surface area contributed by atoms with Gasteiger partial charge in [0, 0.05) is 39.6 Å². The average molecular weight is 341 g/mol. The molecule has 0 spiro atoms. The van der Waals surface area contributed by atoms with Gasteiger partial charge in [0.15, 0.2) is 0 Å². The normalized spacial score (nSPS) is 23.1. The van der Waals surface area contributed by atoms with Gasteiger partial charge in [-0.2, -0.15) is 0 Å². The fraction of sp³-hybridized carbons (Fsp3) is 0.889. The Morgan fingerprint density at radius 1 is 1.25 bits per heavy atom. The first-order chi connectivity index (χ1) is 11.3. The number of amides is 2. The van der Waals surface area contributed by atoms with Crippen molar-refractivity contribution in [3.63, 3.8) is 0 Å². The third-order valence-corrected chi connectivity index (χ3v) is 4.47. The Balaban J connectivity index is 2.51. The van der Waals surface area contributed by atoms with E-state index >= 15 is 0 Å². The van der Waals surface area contributed by atoms with Gasteiger partial charge in [0.25, 0.3) is 0 Å². The Morgan fingerprint density at radius 2 is 1.83 bits per heavy atom. The van der Waals surface area contributed by atoms with Crippen LogP contribution >= 0.6 is 0 Å². The van der Waals surface area contributed by atoms with Crippen LogP contribution in [-0.2, 0) is 14.3 Å². The number of nitrogens with zero attached hydrogens (tertiary/aromatic N) is 2. The molecule has 1 heterocycles. The lowest BCUT2D eigenvalue weighted by molar-refractivity contribution is -0.135. The summed E-state index contributed by atoms with van der Waals surface area (Å²) in [5.41, 5.74) is 0. The molecule has 2 amide bonds. The number of nitrogens with one attached hydrogen (secondary N) is 1. The summed E-state index contributed by atoms with van der Waals surface area (Å²) in [4.78, 5) is 28.1. The third kappa shape index (κ3) is 6.40. The molecule has 1 fully saturated rings. The molecule has 1 saturated heterocycles. The highest BCUT2D eigenvalue weighted by Gasteiger charge is 2.33. The maximum Gasteiger partial charge on any atom is 0.237 e. The zero-order chi connectivity index (χ0) is 18.3. The van der Waals surface area contributed by atoms with E-state index < -0.39 is 0 Å². The molecule has 140 valence electrons. The lowest BCUT2D eigenvalue weighted by Gasteiger charge is -2.41. The SMILES string of the molecule is CCN(CCCNC(=O)C(C(C)C)N1CC(C)OC(C)C1)C(C)=O. The third-order valence-electron chi connectivity index (χ3n) is 4.47. The minimum Gasteiger partial charge on any atom is -0.373 e. The van der Waals surface area contributed by atoms with Crippen LogP contribution in [-0.4, -0.2) is 72.6 Å². The van der Waals surface area contributed by atoms with E-state index in [0.717, 1.165) is 19.5 Å². The van der Waals surface area contributed by atoms with Crippen LogP contribution in [0, 0.1) is 5.92 Å². The van der Waals surface area contributed by atoms with Crippen LogP contribution in [0.1, 0.15) is 48.0 Å². The summed E-state index contributed by atoms with van der Waals surface area (Å²) >= 11 is 0. The van der Waals surface area contributed by atoms with Gasteiger partial charge < -0.3 is 15.0 Å². The molecule has 3 atom stereocenters. The Kier molecular flexibility index (Phi) is 8.70. The molecule has 0 aromatic carbocycles. The van der Waals surface area contributed by atoms with Crippen molar-refractivity contribution in [1.82, 2.24) is 15.1 Å². The monoisotopic (exact) mass is 341 g/mol. The van der Waals surface area contributed by atoms with E-state index in [1.165, 1.54) is 0 Å². The molecule has 0 aromatic rings. The fourth-order valence-electron chi connectivity index (χ4n) is 3.46. The lowest BCUT2D eigenvalue weighted by atomic mass is 9.99. The molecule has 1 aliphatic heterocycles. The van der Waals surface area contributed by atoms with Gasteiger partial charge in [-0.25, -0.2) is 0 Å². The van der Waals surface area contributed by atoms with Gasteiger partial charge in [-0.3, -0.25) is 14.5 Å². The van der Waals surface area contributed by atoms with Gasteiger partial charge in [0.2, 0.25) is 11.8 Å². The molecule has 6 heteroatoms. The van der Waals surface area contributed by atoms with Crippen molar-refractivity contribution in [3.05, 3.63) is 0 Å². The number of rotatable bonds is 8. The highest BCUT2D eigenvalue weighted by molar-refractivity contribution is 5.82. The van der Waals surface area contributed by atoms with Crippen LogP contribution in [0.25, 0.3) is 0 Å². The highest BCUT2D eigenvalue weighted by Crippen LogP contribution is 2.18. The number of morpholine rings is 1. The number of carbonyl (C=O) groups is 2. The Labute approximate surface area is 146 Å². The summed E-state index contributed by atoms with van der Waals surface area (Å²) in [6, 6.07) is -0.131. The number of carbonyl (C=O) groups excluding carboxylic acids is 2. The lowest BCUT2D eigenvalue weighted by Crippen LogP contribution is -2.57. The van der Waals surface area contributed by atoms with Crippen LogP contribution in [0.5, 0.6) is 0 Å². The molecule has 0 saturated carbocycles. The van der Waals surface area contributed by atoms with Crippen LogP contribution in [0.3, 0.4) is 0 Å². The first-order valence-electron chi connectivity index (χ1n) is 9.18. The quantitative estimate of drug-likeness (QED) is 0.680. The molecule has 0 aliphatic carbocycles. The van der Waals surface area contributed by atoms with Crippen molar-refractivity contribution in [2.75, 3.05) is 32.7 Å². The van der Waals surface area contributed by atoms with E-state index in [-0.39, 0.29) is 36.0 Å². The number of ether oxygens (including phenoxy) is 1. The summed E-state index contributed by atoms with van der Waals surface area (Å²) in [5, 5.41) is 3.05. The van der Waals surface area contributed by atoms with Crippen LogP contribution in [0.15, 0.2) is 0 Å². The molecule has 24 heavy (non-hydrogen) atoms.